The van der Waals surface area contributed by atoms with E-state index < -0.39 is 0 Å². The maximum absolute atomic E-state index is 12.1. The largest absolute Gasteiger partial charge is 0.355 e. The smallest absolute Gasteiger partial charge is 0.256 e. The van der Waals surface area contributed by atoms with Gasteiger partial charge in [-0.2, -0.15) is 0 Å². The Morgan fingerprint density at radius 3 is 2.62 bits per heavy atom. The summed E-state index contributed by atoms with van der Waals surface area (Å²) in [6.45, 7) is 4.55. The van der Waals surface area contributed by atoms with Gasteiger partial charge < -0.3 is 4.90 Å². The molecule has 2 aliphatic rings. The summed E-state index contributed by atoms with van der Waals surface area (Å²) in [6.07, 6.45) is 11.5. The van der Waals surface area contributed by atoms with Crippen molar-refractivity contribution >= 4 is 5.82 Å². The molecule has 2 aromatic heterocycles. The Morgan fingerprint density at radius 1 is 1.12 bits per heavy atom. The molecule has 126 valence electrons. The summed E-state index contributed by atoms with van der Waals surface area (Å²) in [5.41, 5.74) is 1.97. The highest BCUT2D eigenvalue weighted by molar-refractivity contribution is 5.46. The van der Waals surface area contributed by atoms with Crippen molar-refractivity contribution < 1.29 is 0 Å². The molecule has 6 nitrogen and oxygen atoms in total. The third-order valence-corrected chi connectivity index (χ3v) is 5.11. The Kier molecular flexibility index (Phi) is 4.04. The minimum absolute atomic E-state index is 0.0809. The summed E-state index contributed by atoms with van der Waals surface area (Å²) < 4.78 is 1.76. The molecule has 0 N–H and O–H groups in total. The summed E-state index contributed by atoms with van der Waals surface area (Å²) in [6, 6.07) is 0. The fourth-order valence-corrected chi connectivity index (χ4v) is 3.53. The van der Waals surface area contributed by atoms with Gasteiger partial charge in [-0.1, -0.05) is 0 Å². The molecular weight excluding hydrogens is 302 g/mol. The lowest BCUT2D eigenvalue weighted by Gasteiger charge is -2.33. The summed E-state index contributed by atoms with van der Waals surface area (Å²) in [5.74, 6) is 2.21. The molecule has 0 aromatic carbocycles. The number of hydrogen-bond donors (Lipinski definition) is 0. The minimum Gasteiger partial charge on any atom is -0.355 e. The lowest BCUT2D eigenvalue weighted by atomic mass is 9.96. The summed E-state index contributed by atoms with van der Waals surface area (Å²) >= 11 is 0. The summed E-state index contributed by atoms with van der Waals surface area (Å²) in [5, 5.41) is 0. The SMILES string of the molecule is Cc1cncn(CC2CCN(c3nccnc3C3CC3)CC2)c1=O. The van der Waals surface area contributed by atoms with E-state index in [-0.39, 0.29) is 5.56 Å². The zero-order chi connectivity index (χ0) is 16.5. The number of anilines is 1. The van der Waals surface area contributed by atoms with Crippen LogP contribution in [0.25, 0.3) is 0 Å². The third kappa shape index (κ3) is 3.05. The van der Waals surface area contributed by atoms with Crippen LogP contribution >= 0.6 is 0 Å². The van der Waals surface area contributed by atoms with Crippen LogP contribution in [-0.2, 0) is 6.54 Å². The molecule has 0 amide bonds. The van der Waals surface area contributed by atoms with Crippen molar-refractivity contribution in [2.45, 2.75) is 45.1 Å². The topological polar surface area (TPSA) is 63.9 Å². The van der Waals surface area contributed by atoms with Crippen LogP contribution in [0.3, 0.4) is 0 Å². The Hall–Kier alpha value is -2.24. The van der Waals surface area contributed by atoms with Crippen molar-refractivity contribution in [2.24, 2.45) is 5.92 Å². The number of aromatic nitrogens is 4. The van der Waals surface area contributed by atoms with E-state index in [1.54, 1.807) is 29.5 Å². The fourth-order valence-electron chi connectivity index (χ4n) is 3.53. The molecule has 3 heterocycles. The zero-order valence-corrected chi connectivity index (χ0v) is 14.1. The predicted octanol–water partition coefficient (Wildman–Crippen LogP) is 2.14. The van der Waals surface area contributed by atoms with Crippen molar-refractivity contribution in [1.82, 2.24) is 19.5 Å². The molecule has 0 bridgehead atoms. The number of rotatable bonds is 4. The van der Waals surface area contributed by atoms with E-state index >= 15 is 0 Å². The second-order valence-electron chi connectivity index (χ2n) is 7.00. The van der Waals surface area contributed by atoms with Gasteiger partial charge in [0.25, 0.3) is 5.56 Å². The highest BCUT2D eigenvalue weighted by Gasteiger charge is 2.31. The van der Waals surface area contributed by atoms with Crippen LogP contribution in [0.15, 0.2) is 29.7 Å². The van der Waals surface area contributed by atoms with Gasteiger partial charge >= 0.3 is 0 Å². The first-order valence-electron chi connectivity index (χ1n) is 8.79. The van der Waals surface area contributed by atoms with Gasteiger partial charge in [-0.05, 0) is 38.5 Å². The van der Waals surface area contributed by atoms with Gasteiger partial charge in [0.1, 0.15) is 0 Å². The maximum atomic E-state index is 12.1. The van der Waals surface area contributed by atoms with Gasteiger partial charge in [-0.25, -0.2) is 9.97 Å². The Labute approximate surface area is 141 Å². The van der Waals surface area contributed by atoms with Crippen LogP contribution in [0.1, 0.15) is 42.9 Å². The molecule has 4 rings (SSSR count). The molecule has 1 aliphatic heterocycles. The molecule has 24 heavy (non-hydrogen) atoms. The number of aryl methyl sites for hydroxylation is 1. The lowest BCUT2D eigenvalue weighted by Crippen LogP contribution is -2.37. The predicted molar refractivity (Wildman–Crippen MR) is 92.2 cm³/mol. The quantitative estimate of drug-likeness (QED) is 0.862. The van der Waals surface area contributed by atoms with Gasteiger partial charge in [-0.15, -0.1) is 0 Å². The molecule has 1 saturated heterocycles. The van der Waals surface area contributed by atoms with Crippen LogP contribution in [0, 0.1) is 12.8 Å². The van der Waals surface area contributed by atoms with Gasteiger partial charge in [0.2, 0.25) is 0 Å². The van der Waals surface area contributed by atoms with E-state index in [9.17, 15) is 4.79 Å². The molecule has 0 spiro atoms. The van der Waals surface area contributed by atoms with Gasteiger partial charge in [-0.3, -0.25) is 14.3 Å². The summed E-state index contributed by atoms with van der Waals surface area (Å²) in [4.78, 5) is 27.8. The van der Waals surface area contributed by atoms with Gasteiger partial charge in [0.15, 0.2) is 5.82 Å². The van der Waals surface area contributed by atoms with Crippen molar-refractivity contribution in [1.29, 1.82) is 0 Å². The van der Waals surface area contributed by atoms with E-state index in [1.807, 2.05) is 6.92 Å². The van der Waals surface area contributed by atoms with E-state index in [0.29, 0.717) is 17.4 Å². The average molecular weight is 325 g/mol. The van der Waals surface area contributed by atoms with Crippen LogP contribution in [0.2, 0.25) is 0 Å². The van der Waals surface area contributed by atoms with Crippen LogP contribution < -0.4 is 10.5 Å². The molecule has 0 atom stereocenters. The number of hydrogen-bond acceptors (Lipinski definition) is 5. The lowest BCUT2D eigenvalue weighted by molar-refractivity contribution is 0.349. The first kappa shape index (κ1) is 15.3. The van der Waals surface area contributed by atoms with Gasteiger partial charge in [0.05, 0.1) is 12.0 Å². The van der Waals surface area contributed by atoms with Crippen molar-refractivity contribution in [3.8, 4) is 0 Å². The zero-order valence-electron chi connectivity index (χ0n) is 14.1. The standard InChI is InChI=1S/C18H23N5O/c1-13-10-19-12-23(18(13)24)11-14-4-8-22(9-5-14)17-16(15-2-3-15)20-6-7-21-17/h6-7,10,12,14-15H,2-5,8-9,11H2,1H3. The van der Waals surface area contributed by atoms with Crippen LogP contribution in [0.4, 0.5) is 5.82 Å². The first-order valence-corrected chi connectivity index (χ1v) is 8.79. The molecule has 2 aromatic rings. The molecule has 6 heteroatoms. The van der Waals surface area contributed by atoms with E-state index in [1.165, 1.54) is 18.5 Å². The second-order valence-corrected chi connectivity index (χ2v) is 7.00. The number of nitrogens with zero attached hydrogens (tertiary/aromatic N) is 5. The first-order chi connectivity index (χ1) is 11.7. The average Bonchev–Trinajstić information content (AvgIpc) is 3.45. The normalized spacial score (nSPS) is 18.8. The molecule has 0 radical (unpaired) electrons. The Bertz CT molecular complexity index is 775. The monoisotopic (exact) mass is 325 g/mol. The molecule has 1 saturated carbocycles. The minimum atomic E-state index is 0.0809. The highest BCUT2D eigenvalue weighted by Crippen LogP contribution is 2.42. The highest BCUT2D eigenvalue weighted by atomic mass is 16.1. The van der Waals surface area contributed by atoms with Crippen molar-refractivity contribution in [2.75, 3.05) is 18.0 Å². The van der Waals surface area contributed by atoms with Crippen molar-refractivity contribution in [3.63, 3.8) is 0 Å². The van der Waals surface area contributed by atoms with Crippen LogP contribution in [-0.4, -0.2) is 32.6 Å². The van der Waals surface area contributed by atoms with E-state index in [4.69, 9.17) is 0 Å². The third-order valence-electron chi connectivity index (χ3n) is 5.11. The second kappa shape index (κ2) is 6.34. The van der Waals surface area contributed by atoms with E-state index in [2.05, 4.69) is 19.9 Å². The maximum Gasteiger partial charge on any atom is 0.256 e. The summed E-state index contributed by atoms with van der Waals surface area (Å²) in [7, 11) is 0. The molecule has 0 unspecified atom stereocenters. The van der Waals surface area contributed by atoms with E-state index in [0.717, 1.165) is 38.3 Å². The van der Waals surface area contributed by atoms with Crippen LogP contribution in [0.5, 0.6) is 0 Å². The van der Waals surface area contributed by atoms with Crippen molar-refractivity contribution in [3.05, 3.63) is 46.5 Å². The fraction of sp³-hybridized carbons (Fsp3) is 0.556. The molecule has 1 aliphatic carbocycles. The molecular formula is C18H23N5O. The Balaban J connectivity index is 1.42. The van der Waals surface area contributed by atoms with Gasteiger partial charge in [0, 0.05) is 49.7 Å². The molecule has 2 fully saturated rings. The number of piperidine rings is 1. The Morgan fingerprint density at radius 2 is 1.88 bits per heavy atom.